The summed E-state index contributed by atoms with van der Waals surface area (Å²) < 4.78 is 5.02. The number of nitrogens with one attached hydrogen (secondary N) is 1. The van der Waals surface area contributed by atoms with Gasteiger partial charge in [-0.2, -0.15) is 4.98 Å². The number of hydrogen-bond donors (Lipinski definition) is 2. The highest BCUT2D eigenvalue weighted by Crippen LogP contribution is 2.41. The molecule has 0 aliphatic heterocycles. The number of aryl methyl sites for hydroxylation is 2. The molecule has 1 amide bonds. The van der Waals surface area contributed by atoms with Crippen molar-refractivity contribution in [2.75, 3.05) is 6.54 Å². The molecule has 2 N–H and O–H groups in total. The Morgan fingerprint density at radius 1 is 1.38 bits per heavy atom. The van der Waals surface area contributed by atoms with Crippen LogP contribution in [0.15, 0.2) is 4.52 Å². The molecule has 6 heteroatoms. The van der Waals surface area contributed by atoms with Crippen molar-refractivity contribution >= 4 is 5.91 Å². The molecule has 0 spiro atoms. The van der Waals surface area contributed by atoms with Gasteiger partial charge in [-0.15, -0.1) is 0 Å². The van der Waals surface area contributed by atoms with Crippen LogP contribution in [0.3, 0.4) is 0 Å². The predicted octanol–water partition coefficient (Wildman–Crippen LogP) is 2.78. The molecular weight excluding hydrogens is 306 g/mol. The van der Waals surface area contributed by atoms with Gasteiger partial charge in [-0.1, -0.05) is 25.9 Å². The van der Waals surface area contributed by atoms with E-state index in [2.05, 4.69) is 36.2 Å². The van der Waals surface area contributed by atoms with Crippen molar-refractivity contribution in [2.24, 2.45) is 11.3 Å². The van der Waals surface area contributed by atoms with E-state index in [4.69, 9.17) is 4.52 Å². The fourth-order valence-corrected chi connectivity index (χ4v) is 3.39. The highest BCUT2D eigenvalue weighted by atomic mass is 16.5. The average Bonchev–Trinajstić information content (AvgIpc) is 2.90. The molecular formula is C18H31N3O3. The van der Waals surface area contributed by atoms with Crippen LogP contribution in [0.2, 0.25) is 0 Å². The number of aromatic nitrogens is 2. The first kappa shape index (κ1) is 18.9. The van der Waals surface area contributed by atoms with Crippen molar-refractivity contribution in [1.29, 1.82) is 0 Å². The maximum absolute atomic E-state index is 12.0. The van der Waals surface area contributed by atoms with E-state index in [9.17, 15) is 9.90 Å². The van der Waals surface area contributed by atoms with Gasteiger partial charge >= 0.3 is 0 Å². The van der Waals surface area contributed by atoms with Gasteiger partial charge in [0.05, 0.1) is 5.60 Å². The van der Waals surface area contributed by atoms with E-state index in [0.29, 0.717) is 43.4 Å². The number of amides is 1. The fourth-order valence-electron chi connectivity index (χ4n) is 3.39. The number of nitrogens with zero attached hydrogens (tertiary/aromatic N) is 2. The second-order valence-electron chi connectivity index (χ2n) is 8.23. The Bertz CT molecular complexity index is 540. The zero-order chi connectivity index (χ0) is 17.8. The zero-order valence-corrected chi connectivity index (χ0v) is 15.4. The van der Waals surface area contributed by atoms with E-state index in [1.807, 2.05) is 0 Å². The lowest BCUT2D eigenvalue weighted by Gasteiger charge is -2.41. The molecule has 0 saturated heterocycles. The van der Waals surface area contributed by atoms with Gasteiger partial charge in [0.2, 0.25) is 11.8 Å². The topological polar surface area (TPSA) is 88.2 Å². The first-order chi connectivity index (χ1) is 11.2. The molecule has 1 fully saturated rings. The monoisotopic (exact) mass is 337 g/mol. The van der Waals surface area contributed by atoms with Crippen LogP contribution in [-0.4, -0.2) is 33.3 Å². The van der Waals surface area contributed by atoms with Gasteiger partial charge in [-0.3, -0.25) is 4.79 Å². The third-order valence-electron chi connectivity index (χ3n) is 5.12. The first-order valence-corrected chi connectivity index (χ1v) is 8.96. The van der Waals surface area contributed by atoms with E-state index in [1.54, 1.807) is 6.92 Å². The lowest BCUT2D eigenvalue weighted by molar-refractivity contribution is -0.123. The van der Waals surface area contributed by atoms with Gasteiger partial charge in [0.15, 0.2) is 5.82 Å². The van der Waals surface area contributed by atoms with Crippen LogP contribution < -0.4 is 5.32 Å². The SMILES string of the molecule is Cc1noc(CCCC(=O)NCC2(O)CCC(C(C)(C)C)CC2)n1. The van der Waals surface area contributed by atoms with Gasteiger partial charge < -0.3 is 14.9 Å². The minimum Gasteiger partial charge on any atom is -0.388 e. The van der Waals surface area contributed by atoms with Crippen LogP contribution in [0, 0.1) is 18.3 Å². The Hall–Kier alpha value is -1.43. The van der Waals surface area contributed by atoms with Crippen LogP contribution in [0.5, 0.6) is 0 Å². The quantitative estimate of drug-likeness (QED) is 0.833. The van der Waals surface area contributed by atoms with Crippen LogP contribution >= 0.6 is 0 Å². The Morgan fingerprint density at radius 2 is 2.04 bits per heavy atom. The summed E-state index contributed by atoms with van der Waals surface area (Å²) >= 11 is 0. The number of carbonyl (C=O) groups is 1. The summed E-state index contributed by atoms with van der Waals surface area (Å²) in [6.45, 7) is 8.90. The Kier molecular flexibility index (Phi) is 6.01. The fraction of sp³-hybridized carbons (Fsp3) is 0.833. The van der Waals surface area contributed by atoms with Gasteiger partial charge in [0.1, 0.15) is 0 Å². The standard InChI is InChI=1S/C18H31N3O3/c1-13-20-16(24-21-13)7-5-6-15(22)19-12-18(23)10-8-14(9-11-18)17(2,3)4/h14,23H,5-12H2,1-4H3,(H,19,22). The summed E-state index contributed by atoms with van der Waals surface area (Å²) in [4.78, 5) is 16.1. The second-order valence-corrected chi connectivity index (χ2v) is 8.23. The average molecular weight is 337 g/mol. The zero-order valence-electron chi connectivity index (χ0n) is 15.4. The Balaban J connectivity index is 1.66. The van der Waals surface area contributed by atoms with Crippen LogP contribution in [-0.2, 0) is 11.2 Å². The van der Waals surface area contributed by atoms with E-state index < -0.39 is 5.60 Å². The number of aliphatic hydroxyl groups is 1. The lowest BCUT2D eigenvalue weighted by Crippen LogP contribution is -2.46. The largest absolute Gasteiger partial charge is 0.388 e. The first-order valence-electron chi connectivity index (χ1n) is 8.96. The van der Waals surface area contributed by atoms with Crippen molar-refractivity contribution in [3.05, 3.63) is 11.7 Å². The summed E-state index contributed by atoms with van der Waals surface area (Å²) in [5.41, 5.74) is -0.460. The van der Waals surface area contributed by atoms with Gasteiger partial charge in [-0.25, -0.2) is 0 Å². The minimum absolute atomic E-state index is 0.0300. The van der Waals surface area contributed by atoms with Gasteiger partial charge in [0, 0.05) is 19.4 Å². The molecule has 0 aromatic carbocycles. The smallest absolute Gasteiger partial charge is 0.226 e. The van der Waals surface area contributed by atoms with E-state index in [1.165, 1.54) is 0 Å². The number of rotatable bonds is 6. The summed E-state index contributed by atoms with van der Waals surface area (Å²) in [6, 6.07) is 0. The van der Waals surface area contributed by atoms with Crippen molar-refractivity contribution in [1.82, 2.24) is 15.5 Å². The summed E-state index contributed by atoms with van der Waals surface area (Å²) in [7, 11) is 0. The molecule has 0 bridgehead atoms. The maximum Gasteiger partial charge on any atom is 0.226 e. The normalized spacial score (nSPS) is 24.8. The summed E-state index contributed by atoms with van der Waals surface area (Å²) in [5, 5.41) is 17.3. The van der Waals surface area contributed by atoms with Crippen molar-refractivity contribution < 1.29 is 14.4 Å². The minimum atomic E-state index is -0.749. The van der Waals surface area contributed by atoms with Crippen LogP contribution in [0.25, 0.3) is 0 Å². The molecule has 1 saturated carbocycles. The molecule has 0 radical (unpaired) electrons. The molecule has 1 aliphatic rings. The van der Waals surface area contributed by atoms with Crippen molar-refractivity contribution in [3.8, 4) is 0 Å². The molecule has 1 aromatic rings. The third kappa shape index (κ3) is 5.58. The summed E-state index contributed by atoms with van der Waals surface area (Å²) in [6.07, 6.45) is 5.23. The molecule has 136 valence electrons. The molecule has 0 unspecified atom stereocenters. The van der Waals surface area contributed by atoms with E-state index >= 15 is 0 Å². The number of hydrogen-bond acceptors (Lipinski definition) is 5. The molecule has 1 heterocycles. The molecule has 24 heavy (non-hydrogen) atoms. The molecule has 0 atom stereocenters. The van der Waals surface area contributed by atoms with Gasteiger partial charge in [0.25, 0.3) is 0 Å². The molecule has 1 aromatic heterocycles. The maximum atomic E-state index is 12.0. The lowest BCUT2D eigenvalue weighted by atomic mass is 9.68. The van der Waals surface area contributed by atoms with Gasteiger partial charge in [-0.05, 0) is 50.4 Å². The predicted molar refractivity (Wildman–Crippen MR) is 91.3 cm³/mol. The van der Waals surface area contributed by atoms with Crippen LogP contribution in [0.1, 0.15) is 71.0 Å². The van der Waals surface area contributed by atoms with Crippen LogP contribution in [0.4, 0.5) is 0 Å². The number of carbonyl (C=O) groups excluding carboxylic acids is 1. The Labute approximate surface area is 144 Å². The Morgan fingerprint density at radius 3 is 2.58 bits per heavy atom. The highest BCUT2D eigenvalue weighted by molar-refractivity contribution is 5.75. The van der Waals surface area contributed by atoms with E-state index in [-0.39, 0.29) is 11.3 Å². The van der Waals surface area contributed by atoms with E-state index in [0.717, 1.165) is 25.7 Å². The van der Waals surface area contributed by atoms with Crippen molar-refractivity contribution in [2.45, 2.75) is 78.2 Å². The second kappa shape index (κ2) is 7.64. The molecule has 1 aliphatic carbocycles. The highest BCUT2D eigenvalue weighted by Gasteiger charge is 2.37. The third-order valence-corrected chi connectivity index (χ3v) is 5.12. The molecule has 2 rings (SSSR count). The summed E-state index contributed by atoms with van der Waals surface area (Å²) in [5.74, 6) is 1.80. The molecule has 6 nitrogen and oxygen atoms in total. The van der Waals surface area contributed by atoms with Crippen molar-refractivity contribution in [3.63, 3.8) is 0 Å².